The van der Waals surface area contributed by atoms with E-state index in [0.717, 1.165) is 9.13 Å². The summed E-state index contributed by atoms with van der Waals surface area (Å²) < 4.78 is 1.07. The molecule has 0 atom stereocenters. The van der Waals surface area contributed by atoms with Crippen molar-refractivity contribution in [3.63, 3.8) is 0 Å². The van der Waals surface area contributed by atoms with E-state index in [1.54, 1.807) is 18.2 Å². The number of halogens is 2. The molecule has 0 aliphatic rings. The number of benzene rings is 1. The van der Waals surface area contributed by atoms with E-state index in [1.165, 1.54) is 12.4 Å². The Morgan fingerprint density at radius 3 is 2.83 bits per heavy atom. The van der Waals surface area contributed by atoms with Gasteiger partial charge in [-0.2, -0.15) is 5.26 Å². The largest absolute Gasteiger partial charge is 0.345 e. The third-order valence-electron chi connectivity index (χ3n) is 2.89. The lowest BCUT2D eigenvalue weighted by molar-refractivity contribution is -0.112. The van der Waals surface area contributed by atoms with E-state index in [4.69, 9.17) is 16.9 Å². The van der Waals surface area contributed by atoms with Crippen LogP contribution in [-0.4, -0.2) is 10.9 Å². The Balaban J connectivity index is 2.12. The van der Waals surface area contributed by atoms with Crippen LogP contribution in [0.1, 0.15) is 5.56 Å². The average Bonchev–Trinajstić information content (AvgIpc) is 2.51. The fourth-order valence-electron chi connectivity index (χ4n) is 1.74. The number of nitriles is 1. The lowest BCUT2D eigenvalue weighted by Gasteiger charge is -2.08. The van der Waals surface area contributed by atoms with Crippen molar-refractivity contribution in [2.75, 3.05) is 10.6 Å². The Labute approximate surface area is 152 Å². The van der Waals surface area contributed by atoms with Crippen LogP contribution in [0.3, 0.4) is 0 Å². The number of hydrogen-bond acceptors (Lipinski definition) is 4. The number of amides is 1. The first-order chi connectivity index (χ1) is 11.0. The molecule has 23 heavy (non-hydrogen) atoms. The van der Waals surface area contributed by atoms with Gasteiger partial charge < -0.3 is 10.6 Å². The first kappa shape index (κ1) is 17.2. The van der Waals surface area contributed by atoms with Crippen LogP contribution in [0.25, 0.3) is 0 Å². The number of nitrogens with one attached hydrogen (secondary N) is 2. The molecule has 0 aliphatic heterocycles. The van der Waals surface area contributed by atoms with Gasteiger partial charge in [-0.3, -0.25) is 4.79 Å². The number of carbonyl (C=O) groups excluding carboxylic acids is 1. The number of carbonyl (C=O) groups is 1. The summed E-state index contributed by atoms with van der Waals surface area (Å²) in [5.41, 5.74) is 1.52. The second-order valence-electron chi connectivity index (χ2n) is 4.59. The lowest BCUT2D eigenvalue weighted by Crippen LogP contribution is -2.15. The molecule has 1 amide bonds. The monoisotopic (exact) mass is 438 g/mol. The van der Waals surface area contributed by atoms with Crippen molar-refractivity contribution in [1.29, 1.82) is 5.26 Å². The van der Waals surface area contributed by atoms with Crippen molar-refractivity contribution in [2.24, 2.45) is 0 Å². The number of hydrogen-bond donors (Lipinski definition) is 2. The van der Waals surface area contributed by atoms with Gasteiger partial charge in [-0.05, 0) is 65.4 Å². The van der Waals surface area contributed by atoms with Crippen LogP contribution in [0.2, 0.25) is 5.02 Å². The summed E-state index contributed by atoms with van der Waals surface area (Å²) in [5, 5.41) is 15.2. The van der Waals surface area contributed by atoms with Crippen LogP contribution in [0.15, 0.2) is 48.3 Å². The highest BCUT2D eigenvalue weighted by Gasteiger charge is 2.11. The van der Waals surface area contributed by atoms with Gasteiger partial charge in [0.15, 0.2) is 0 Å². The SMILES string of the molecule is Cc1cc(I)ccc1NC(=O)/C(C#N)=C\Nc1cc(Cl)ccn1. The van der Waals surface area contributed by atoms with Gasteiger partial charge in [0, 0.05) is 26.7 Å². The molecule has 0 aliphatic carbocycles. The molecule has 0 fully saturated rings. The van der Waals surface area contributed by atoms with Crippen LogP contribution >= 0.6 is 34.2 Å². The molecule has 0 unspecified atom stereocenters. The van der Waals surface area contributed by atoms with E-state index in [-0.39, 0.29) is 5.57 Å². The molecule has 1 heterocycles. The zero-order chi connectivity index (χ0) is 16.8. The molecule has 2 N–H and O–H groups in total. The fourth-order valence-corrected chi connectivity index (χ4v) is 2.54. The van der Waals surface area contributed by atoms with Gasteiger partial charge in [0.1, 0.15) is 17.5 Å². The molecule has 0 spiro atoms. The molecule has 2 aromatic rings. The number of pyridine rings is 1. The third-order valence-corrected chi connectivity index (χ3v) is 3.79. The second kappa shape index (κ2) is 7.94. The van der Waals surface area contributed by atoms with Gasteiger partial charge in [0.2, 0.25) is 0 Å². The minimum atomic E-state index is -0.494. The first-order valence-electron chi connectivity index (χ1n) is 6.55. The summed E-state index contributed by atoms with van der Waals surface area (Å²) in [5.74, 6) is -0.0465. The van der Waals surface area contributed by atoms with Crippen molar-refractivity contribution >= 4 is 51.6 Å². The zero-order valence-electron chi connectivity index (χ0n) is 12.1. The minimum Gasteiger partial charge on any atom is -0.345 e. The third kappa shape index (κ3) is 4.94. The van der Waals surface area contributed by atoms with Gasteiger partial charge in [0.25, 0.3) is 5.91 Å². The highest BCUT2D eigenvalue weighted by atomic mass is 127. The highest BCUT2D eigenvalue weighted by molar-refractivity contribution is 14.1. The van der Waals surface area contributed by atoms with Crippen LogP contribution in [0, 0.1) is 21.8 Å². The Hall–Kier alpha value is -2.11. The van der Waals surface area contributed by atoms with E-state index < -0.39 is 5.91 Å². The molecule has 7 heteroatoms. The van der Waals surface area contributed by atoms with E-state index in [1.807, 2.05) is 25.1 Å². The van der Waals surface area contributed by atoms with E-state index >= 15 is 0 Å². The Bertz CT molecular complexity index is 814. The minimum absolute atomic E-state index is 0.0651. The Morgan fingerprint density at radius 2 is 2.17 bits per heavy atom. The maximum atomic E-state index is 12.2. The molecule has 0 saturated carbocycles. The average molecular weight is 439 g/mol. The smallest absolute Gasteiger partial charge is 0.267 e. The Morgan fingerprint density at radius 1 is 1.39 bits per heavy atom. The van der Waals surface area contributed by atoms with Crippen molar-refractivity contribution in [3.8, 4) is 6.07 Å². The Kier molecular flexibility index (Phi) is 5.96. The van der Waals surface area contributed by atoms with Gasteiger partial charge >= 0.3 is 0 Å². The second-order valence-corrected chi connectivity index (χ2v) is 6.27. The van der Waals surface area contributed by atoms with Gasteiger partial charge in [0.05, 0.1) is 0 Å². The predicted molar refractivity (Wildman–Crippen MR) is 99.1 cm³/mol. The van der Waals surface area contributed by atoms with Crippen molar-refractivity contribution in [2.45, 2.75) is 6.92 Å². The summed E-state index contributed by atoms with van der Waals surface area (Å²) in [7, 11) is 0. The standard InChI is InChI=1S/C16H12ClIN4O/c1-10-6-13(18)2-3-14(10)22-16(23)11(8-19)9-21-15-7-12(17)4-5-20-15/h2-7,9H,1H3,(H,20,21)(H,22,23)/b11-9-. The lowest BCUT2D eigenvalue weighted by atomic mass is 10.2. The molecule has 1 aromatic heterocycles. The predicted octanol–water partition coefficient (Wildman–Crippen LogP) is 4.11. The molecule has 0 radical (unpaired) electrons. The fraction of sp³-hybridized carbons (Fsp3) is 0.0625. The number of anilines is 2. The molecular weight excluding hydrogens is 427 g/mol. The quantitative estimate of drug-likeness (QED) is 0.428. The van der Waals surface area contributed by atoms with E-state index in [9.17, 15) is 4.79 Å². The molecule has 5 nitrogen and oxygen atoms in total. The molecular formula is C16H12ClIN4O. The van der Waals surface area contributed by atoms with Crippen molar-refractivity contribution in [3.05, 3.63) is 62.5 Å². The van der Waals surface area contributed by atoms with E-state index in [2.05, 4.69) is 38.2 Å². The summed E-state index contributed by atoms with van der Waals surface area (Å²) in [6.07, 6.45) is 2.83. The molecule has 116 valence electrons. The number of nitrogens with zero attached hydrogens (tertiary/aromatic N) is 2. The zero-order valence-corrected chi connectivity index (χ0v) is 15.0. The van der Waals surface area contributed by atoms with E-state index in [0.29, 0.717) is 16.5 Å². The number of aromatic nitrogens is 1. The van der Waals surface area contributed by atoms with Crippen molar-refractivity contribution < 1.29 is 4.79 Å². The number of rotatable bonds is 4. The molecule has 0 bridgehead atoms. The van der Waals surface area contributed by atoms with Crippen LogP contribution < -0.4 is 10.6 Å². The summed E-state index contributed by atoms with van der Waals surface area (Å²) in [6, 6.07) is 10.7. The van der Waals surface area contributed by atoms with Crippen molar-refractivity contribution in [1.82, 2.24) is 4.98 Å². The summed E-state index contributed by atoms with van der Waals surface area (Å²) in [4.78, 5) is 16.2. The summed E-state index contributed by atoms with van der Waals surface area (Å²) >= 11 is 8.04. The highest BCUT2D eigenvalue weighted by Crippen LogP contribution is 2.18. The van der Waals surface area contributed by atoms with Crippen LogP contribution in [0.5, 0.6) is 0 Å². The van der Waals surface area contributed by atoms with Gasteiger partial charge in [-0.1, -0.05) is 11.6 Å². The van der Waals surface area contributed by atoms with Crippen LogP contribution in [0.4, 0.5) is 11.5 Å². The van der Waals surface area contributed by atoms with Gasteiger partial charge in [-0.15, -0.1) is 0 Å². The molecule has 1 aromatic carbocycles. The topological polar surface area (TPSA) is 77.8 Å². The maximum absolute atomic E-state index is 12.2. The van der Waals surface area contributed by atoms with Crippen LogP contribution in [-0.2, 0) is 4.79 Å². The number of aryl methyl sites for hydroxylation is 1. The summed E-state index contributed by atoms with van der Waals surface area (Å²) in [6.45, 7) is 1.89. The molecule has 0 saturated heterocycles. The maximum Gasteiger partial charge on any atom is 0.267 e. The first-order valence-corrected chi connectivity index (χ1v) is 8.01. The van der Waals surface area contributed by atoms with Gasteiger partial charge in [-0.25, -0.2) is 4.98 Å². The molecule has 2 rings (SSSR count). The normalized spacial score (nSPS) is 10.8.